The molecule has 1 aromatic heterocycles. The largest absolute Gasteiger partial charge is 0.383 e. The van der Waals surface area contributed by atoms with Crippen molar-refractivity contribution in [3.63, 3.8) is 0 Å². The molecule has 116 valence electrons. The minimum Gasteiger partial charge on any atom is -0.383 e. The van der Waals surface area contributed by atoms with E-state index in [1.54, 1.807) is 7.11 Å². The van der Waals surface area contributed by atoms with Crippen molar-refractivity contribution in [3.8, 4) is 0 Å². The highest BCUT2D eigenvalue weighted by molar-refractivity contribution is 5.30. The van der Waals surface area contributed by atoms with Crippen molar-refractivity contribution in [2.45, 2.75) is 66.0 Å². The van der Waals surface area contributed by atoms with Gasteiger partial charge in [0.15, 0.2) is 0 Å². The molecule has 2 unspecified atom stereocenters. The predicted octanol–water partition coefficient (Wildman–Crippen LogP) is 4.03. The van der Waals surface area contributed by atoms with Crippen LogP contribution >= 0.6 is 0 Å². The Hall–Kier alpha value is -1.03. The maximum absolute atomic E-state index is 5.24. The van der Waals surface area contributed by atoms with E-state index in [4.69, 9.17) is 4.74 Å². The van der Waals surface area contributed by atoms with Crippen LogP contribution in [0, 0.1) is 12.8 Å². The van der Waals surface area contributed by atoms with Crippen LogP contribution in [0.25, 0.3) is 0 Å². The Morgan fingerprint density at radius 2 is 1.95 bits per heavy atom. The van der Waals surface area contributed by atoms with E-state index in [1.807, 2.05) is 6.92 Å². The maximum atomic E-state index is 5.24. The summed E-state index contributed by atoms with van der Waals surface area (Å²) in [6, 6.07) is 0.746. The lowest BCUT2D eigenvalue weighted by Gasteiger charge is -2.19. The molecular formula is C16H31N3O. The standard InChI is InChI=1S/C16H31N3O/c1-12(2)8-7-9-13(3)17-16-18-14(4)10-19(16)15(5)11-20-6/h10,12-13,15H,7-9,11H2,1-6H3,(H,17,18). The van der Waals surface area contributed by atoms with Crippen LogP contribution in [0.4, 0.5) is 5.95 Å². The van der Waals surface area contributed by atoms with Crippen LogP contribution in [0.5, 0.6) is 0 Å². The molecule has 0 aliphatic heterocycles. The second-order valence-corrected chi connectivity index (χ2v) is 6.29. The second kappa shape index (κ2) is 8.30. The van der Waals surface area contributed by atoms with Gasteiger partial charge in [0.2, 0.25) is 5.95 Å². The fourth-order valence-corrected chi connectivity index (χ4v) is 2.41. The van der Waals surface area contributed by atoms with Gasteiger partial charge in [-0.25, -0.2) is 4.98 Å². The smallest absolute Gasteiger partial charge is 0.203 e. The molecule has 0 radical (unpaired) electrons. The van der Waals surface area contributed by atoms with Gasteiger partial charge in [-0.05, 0) is 33.1 Å². The summed E-state index contributed by atoms with van der Waals surface area (Å²) in [6.07, 6.45) is 5.83. The third-order valence-corrected chi connectivity index (χ3v) is 3.53. The molecule has 4 nitrogen and oxygen atoms in total. The summed E-state index contributed by atoms with van der Waals surface area (Å²) >= 11 is 0. The molecule has 1 heterocycles. The number of methoxy groups -OCH3 is 1. The number of ether oxygens (including phenoxy) is 1. The number of imidazole rings is 1. The summed E-state index contributed by atoms with van der Waals surface area (Å²) in [5.41, 5.74) is 1.05. The maximum Gasteiger partial charge on any atom is 0.203 e. The van der Waals surface area contributed by atoms with E-state index < -0.39 is 0 Å². The third-order valence-electron chi connectivity index (χ3n) is 3.53. The molecule has 0 amide bonds. The third kappa shape index (κ3) is 5.53. The van der Waals surface area contributed by atoms with E-state index in [0.29, 0.717) is 18.7 Å². The first-order chi connectivity index (χ1) is 9.43. The number of aromatic nitrogens is 2. The summed E-state index contributed by atoms with van der Waals surface area (Å²) < 4.78 is 7.42. The summed E-state index contributed by atoms with van der Waals surface area (Å²) in [5.74, 6) is 1.75. The number of nitrogens with one attached hydrogen (secondary N) is 1. The molecule has 20 heavy (non-hydrogen) atoms. The van der Waals surface area contributed by atoms with Gasteiger partial charge in [-0.1, -0.05) is 26.7 Å². The molecule has 1 rings (SSSR count). The van der Waals surface area contributed by atoms with Gasteiger partial charge in [-0.15, -0.1) is 0 Å². The quantitative estimate of drug-likeness (QED) is 0.743. The van der Waals surface area contributed by atoms with Gasteiger partial charge in [0, 0.05) is 19.3 Å². The fourth-order valence-electron chi connectivity index (χ4n) is 2.41. The van der Waals surface area contributed by atoms with E-state index in [-0.39, 0.29) is 0 Å². The van der Waals surface area contributed by atoms with Crippen LogP contribution in [0.2, 0.25) is 0 Å². The van der Waals surface area contributed by atoms with Gasteiger partial charge in [-0.3, -0.25) is 0 Å². The monoisotopic (exact) mass is 281 g/mol. The minimum absolute atomic E-state index is 0.298. The van der Waals surface area contributed by atoms with Crippen molar-refractivity contribution in [2.75, 3.05) is 19.0 Å². The molecule has 1 N–H and O–H groups in total. The topological polar surface area (TPSA) is 39.1 Å². The molecule has 4 heteroatoms. The average Bonchev–Trinajstić information content (AvgIpc) is 2.70. The number of nitrogens with zero attached hydrogens (tertiary/aromatic N) is 2. The number of hydrogen-bond acceptors (Lipinski definition) is 3. The summed E-state index contributed by atoms with van der Waals surface area (Å²) in [7, 11) is 1.74. The van der Waals surface area contributed by atoms with Gasteiger partial charge in [0.25, 0.3) is 0 Å². The molecule has 0 fully saturated rings. The van der Waals surface area contributed by atoms with E-state index in [2.05, 4.69) is 48.8 Å². The molecule has 0 bridgehead atoms. The molecular weight excluding hydrogens is 250 g/mol. The average molecular weight is 281 g/mol. The van der Waals surface area contributed by atoms with Gasteiger partial charge >= 0.3 is 0 Å². The number of anilines is 1. The Bertz CT molecular complexity index is 387. The first-order valence-corrected chi connectivity index (χ1v) is 7.75. The van der Waals surface area contributed by atoms with Crippen LogP contribution in [0.1, 0.15) is 58.7 Å². The highest BCUT2D eigenvalue weighted by Crippen LogP contribution is 2.18. The van der Waals surface area contributed by atoms with Crippen molar-refractivity contribution < 1.29 is 4.74 Å². The normalized spacial score (nSPS) is 14.6. The van der Waals surface area contributed by atoms with E-state index >= 15 is 0 Å². The zero-order valence-corrected chi connectivity index (χ0v) is 13.9. The fraction of sp³-hybridized carbons (Fsp3) is 0.812. The summed E-state index contributed by atoms with van der Waals surface area (Å²) in [4.78, 5) is 4.59. The van der Waals surface area contributed by atoms with Crippen molar-refractivity contribution in [2.24, 2.45) is 5.92 Å². The summed E-state index contributed by atoms with van der Waals surface area (Å²) in [6.45, 7) is 11.7. The van der Waals surface area contributed by atoms with Crippen LogP contribution in [0.3, 0.4) is 0 Å². The Morgan fingerprint density at radius 3 is 2.55 bits per heavy atom. The van der Waals surface area contributed by atoms with Crippen molar-refractivity contribution in [1.82, 2.24) is 9.55 Å². The van der Waals surface area contributed by atoms with Gasteiger partial charge < -0.3 is 14.6 Å². The molecule has 2 atom stereocenters. The molecule has 0 aromatic carbocycles. The van der Waals surface area contributed by atoms with Crippen molar-refractivity contribution >= 4 is 5.95 Å². The van der Waals surface area contributed by atoms with E-state index in [9.17, 15) is 0 Å². The molecule has 0 saturated carbocycles. The highest BCUT2D eigenvalue weighted by atomic mass is 16.5. The molecule has 0 aliphatic rings. The van der Waals surface area contributed by atoms with Crippen molar-refractivity contribution in [3.05, 3.63) is 11.9 Å². The summed E-state index contributed by atoms with van der Waals surface area (Å²) in [5, 5.41) is 3.54. The van der Waals surface area contributed by atoms with Gasteiger partial charge in [-0.2, -0.15) is 0 Å². The number of hydrogen-bond donors (Lipinski definition) is 1. The van der Waals surface area contributed by atoms with Crippen LogP contribution in [0.15, 0.2) is 6.20 Å². The molecule has 0 spiro atoms. The Balaban J connectivity index is 2.57. The van der Waals surface area contributed by atoms with E-state index in [1.165, 1.54) is 19.3 Å². The zero-order chi connectivity index (χ0) is 15.1. The van der Waals surface area contributed by atoms with Gasteiger partial charge in [0.05, 0.1) is 18.3 Å². The molecule has 0 aliphatic carbocycles. The second-order valence-electron chi connectivity index (χ2n) is 6.29. The Morgan fingerprint density at radius 1 is 1.25 bits per heavy atom. The predicted molar refractivity (Wildman–Crippen MR) is 85.3 cm³/mol. The number of rotatable bonds is 9. The Kier molecular flexibility index (Phi) is 7.06. The lowest BCUT2D eigenvalue weighted by atomic mass is 10.0. The van der Waals surface area contributed by atoms with Crippen LogP contribution in [-0.4, -0.2) is 29.3 Å². The minimum atomic E-state index is 0.298. The van der Waals surface area contributed by atoms with Gasteiger partial charge in [0.1, 0.15) is 0 Å². The number of aryl methyl sites for hydroxylation is 1. The van der Waals surface area contributed by atoms with E-state index in [0.717, 1.165) is 17.6 Å². The van der Waals surface area contributed by atoms with Crippen LogP contribution < -0.4 is 5.32 Å². The highest BCUT2D eigenvalue weighted by Gasteiger charge is 2.13. The first kappa shape index (κ1) is 17.0. The zero-order valence-electron chi connectivity index (χ0n) is 13.9. The SMILES string of the molecule is COCC(C)n1cc(C)nc1NC(C)CCCC(C)C. The van der Waals surface area contributed by atoms with Crippen LogP contribution in [-0.2, 0) is 4.74 Å². The first-order valence-electron chi connectivity index (χ1n) is 7.75. The lowest BCUT2D eigenvalue weighted by molar-refractivity contribution is 0.163. The van der Waals surface area contributed by atoms with Crippen molar-refractivity contribution in [1.29, 1.82) is 0 Å². The lowest BCUT2D eigenvalue weighted by Crippen LogP contribution is -2.21. The molecule has 1 aromatic rings. The molecule has 0 saturated heterocycles. The Labute approximate surface area is 123 Å².